The Balaban J connectivity index is 1.30. The number of nitrogens with zero attached hydrogens (tertiary/aromatic N) is 6. The normalized spacial score (nSPS) is 22.1. The maximum Gasteiger partial charge on any atom is 0.259 e. The number of aromatic nitrogens is 3. The third kappa shape index (κ3) is 5.24. The molecule has 188 valence electrons. The first-order valence-electron chi connectivity index (χ1n) is 12.6. The average molecular weight is 496 g/mol. The number of anilines is 1. The van der Waals surface area contributed by atoms with Gasteiger partial charge in [-0.2, -0.15) is 15.6 Å². The number of ether oxygens (including phenoxy) is 1. The Bertz CT molecular complexity index is 1330. The third-order valence-corrected chi connectivity index (χ3v) is 7.43. The van der Waals surface area contributed by atoms with E-state index in [2.05, 4.69) is 27.5 Å². The molecule has 1 aliphatic carbocycles. The van der Waals surface area contributed by atoms with Crippen LogP contribution in [0.4, 0.5) is 5.69 Å². The molecule has 2 fully saturated rings. The van der Waals surface area contributed by atoms with Crippen LogP contribution in [0.1, 0.15) is 52.5 Å². The first-order chi connectivity index (χ1) is 18.1. The average Bonchev–Trinajstić information content (AvgIpc) is 3.35. The lowest BCUT2D eigenvalue weighted by molar-refractivity contribution is 0.0000695. The van der Waals surface area contributed by atoms with Crippen LogP contribution in [-0.2, 0) is 4.74 Å². The molecule has 1 saturated heterocycles. The molecule has 9 nitrogen and oxygen atoms in total. The van der Waals surface area contributed by atoms with Gasteiger partial charge in [-0.05, 0) is 62.6 Å². The van der Waals surface area contributed by atoms with Crippen molar-refractivity contribution in [2.24, 2.45) is 5.92 Å². The summed E-state index contributed by atoms with van der Waals surface area (Å²) in [6, 6.07) is 15.8. The molecule has 1 aliphatic heterocycles. The molecule has 9 heteroatoms. The van der Waals surface area contributed by atoms with Crippen LogP contribution >= 0.6 is 0 Å². The van der Waals surface area contributed by atoms with Crippen molar-refractivity contribution in [3.8, 4) is 17.8 Å². The van der Waals surface area contributed by atoms with Gasteiger partial charge in [0.2, 0.25) is 0 Å². The molecule has 2 aromatic heterocycles. The van der Waals surface area contributed by atoms with Gasteiger partial charge in [-0.15, -0.1) is 0 Å². The Kier molecular flexibility index (Phi) is 7.27. The predicted molar refractivity (Wildman–Crippen MR) is 137 cm³/mol. The lowest BCUT2D eigenvalue weighted by Crippen LogP contribution is -2.48. The maximum absolute atomic E-state index is 13.0. The number of morpholine rings is 1. The lowest BCUT2D eigenvalue weighted by atomic mass is 9.76. The van der Waals surface area contributed by atoms with Gasteiger partial charge in [0.15, 0.2) is 0 Å². The van der Waals surface area contributed by atoms with E-state index < -0.39 is 0 Å². The number of nitrogens with one attached hydrogen (secondary N) is 1. The van der Waals surface area contributed by atoms with E-state index in [1.807, 2.05) is 19.1 Å². The molecule has 3 aromatic rings. The molecule has 1 amide bonds. The first kappa shape index (κ1) is 24.6. The summed E-state index contributed by atoms with van der Waals surface area (Å²) >= 11 is 0. The number of hydrogen-bond acceptors (Lipinski definition) is 7. The van der Waals surface area contributed by atoms with Crippen molar-refractivity contribution in [3.05, 3.63) is 71.3 Å². The van der Waals surface area contributed by atoms with Crippen LogP contribution in [0.15, 0.2) is 48.8 Å². The van der Waals surface area contributed by atoms with Crippen molar-refractivity contribution in [1.82, 2.24) is 19.7 Å². The summed E-state index contributed by atoms with van der Waals surface area (Å²) < 4.78 is 7.22. The minimum Gasteiger partial charge on any atom is -0.379 e. The van der Waals surface area contributed by atoms with Gasteiger partial charge in [0.1, 0.15) is 0 Å². The van der Waals surface area contributed by atoms with E-state index in [1.165, 1.54) is 0 Å². The van der Waals surface area contributed by atoms with Gasteiger partial charge in [0.25, 0.3) is 5.91 Å². The van der Waals surface area contributed by atoms with Crippen molar-refractivity contribution in [2.75, 3.05) is 31.6 Å². The van der Waals surface area contributed by atoms with E-state index >= 15 is 0 Å². The molecule has 3 heterocycles. The summed E-state index contributed by atoms with van der Waals surface area (Å²) in [4.78, 5) is 20.2. The highest BCUT2D eigenvalue weighted by molar-refractivity contribution is 6.04. The van der Waals surface area contributed by atoms with Gasteiger partial charge in [0.05, 0.1) is 65.9 Å². The summed E-state index contributed by atoms with van der Waals surface area (Å²) in [5.74, 6) is -0.0476. The number of hydrogen-bond donors (Lipinski definition) is 1. The number of benzene rings is 1. The molecule has 0 spiro atoms. The van der Waals surface area contributed by atoms with E-state index in [0.717, 1.165) is 56.9 Å². The third-order valence-electron chi connectivity index (χ3n) is 7.43. The fraction of sp³-hybridized carbons (Fsp3) is 0.393. The van der Waals surface area contributed by atoms with E-state index in [9.17, 15) is 10.1 Å². The van der Waals surface area contributed by atoms with Crippen LogP contribution < -0.4 is 5.32 Å². The lowest BCUT2D eigenvalue weighted by Gasteiger charge is -2.42. The van der Waals surface area contributed by atoms with Gasteiger partial charge in [-0.1, -0.05) is 0 Å². The highest BCUT2D eigenvalue weighted by Gasteiger charge is 2.36. The summed E-state index contributed by atoms with van der Waals surface area (Å²) in [6.45, 7) is 5.13. The van der Waals surface area contributed by atoms with Crippen LogP contribution in [-0.4, -0.2) is 57.9 Å². The van der Waals surface area contributed by atoms with Crippen LogP contribution in [0.5, 0.6) is 0 Å². The summed E-state index contributed by atoms with van der Waals surface area (Å²) in [6.07, 6.45) is 5.93. The first-order valence-corrected chi connectivity index (χ1v) is 12.6. The monoisotopic (exact) mass is 495 g/mol. The van der Waals surface area contributed by atoms with Crippen LogP contribution in [0.3, 0.4) is 0 Å². The highest BCUT2D eigenvalue weighted by Crippen LogP contribution is 2.38. The van der Waals surface area contributed by atoms with Gasteiger partial charge >= 0.3 is 0 Å². The number of pyridine rings is 1. The van der Waals surface area contributed by atoms with E-state index in [-0.39, 0.29) is 17.7 Å². The number of amides is 1. The van der Waals surface area contributed by atoms with Crippen molar-refractivity contribution in [3.63, 3.8) is 0 Å². The Labute approximate surface area is 216 Å². The molecule has 1 N–H and O–H groups in total. The smallest absolute Gasteiger partial charge is 0.259 e. The number of carbonyl (C=O) groups is 1. The van der Waals surface area contributed by atoms with Gasteiger partial charge in [-0.3, -0.25) is 14.7 Å². The number of nitriles is 2. The fourth-order valence-electron chi connectivity index (χ4n) is 5.40. The molecule has 3 atom stereocenters. The summed E-state index contributed by atoms with van der Waals surface area (Å²) in [5, 5.41) is 25.9. The van der Waals surface area contributed by atoms with E-state index in [4.69, 9.17) is 15.0 Å². The Morgan fingerprint density at radius 1 is 1.08 bits per heavy atom. The largest absolute Gasteiger partial charge is 0.379 e. The van der Waals surface area contributed by atoms with Gasteiger partial charge in [0, 0.05) is 36.7 Å². The second-order valence-electron chi connectivity index (χ2n) is 9.60. The molecule has 0 bridgehead atoms. The molecule has 3 unspecified atom stereocenters. The second-order valence-corrected chi connectivity index (χ2v) is 9.60. The Hall–Kier alpha value is -4.05. The standard InChI is InChI=1S/C28H29N7O2/c1-19-25(18-32-35(19)23-6-2-20(15-29)3-7-23)28(36)33-22-5-8-26(31-17-22)24-14-21(16-30)4-9-27(24)34-10-12-37-13-11-34/h2-3,5-8,17-18,21,24,27H,4,9-14H2,1H3,(H,33,36). The van der Waals surface area contributed by atoms with Gasteiger partial charge in [-0.25, -0.2) is 4.68 Å². The van der Waals surface area contributed by atoms with E-state index in [0.29, 0.717) is 28.6 Å². The summed E-state index contributed by atoms with van der Waals surface area (Å²) in [5.41, 5.74) is 4.07. The minimum atomic E-state index is -0.264. The van der Waals surface area contributed by atoms with E-state index in [1.54, 1.807) is 41.3 Å². The molecular weight excluding hydrogens is 466 g/mol. The highest BCUT2D eigenvalue weighted by atomic mass is 16.5. The Morgan fingerprint density at radius 3 is 2.54 bits per heavy atom. The van der Waals surface area contributed by atoms with Gasteiger partial charge < -0.3 is 10.1 Å². The zero-order valence-corrected chi connectivity index (χ0v) is 20.8. The molecule has 2 aliphatic rings. The summed E-state index contributed by atoms with van der Waals surface area (Å²) in [7, 11) is 0. The van der Waals surface area contributed by atoms with Crippen LogP contribution in [0.2, 0.25) is 0 Å². The van der Waals surface area contributed by atoms with Crippen molar-refractivity contribution in [2.45, 2.75) is 38.1 Å². The van der Waals surface area contributed by atoms with Crippen molar-refractivity contribution in [1.29, 1.82) is 10.5 Å². The maximum atomic E-state index is 13.0. The van der Waals surface area contributed by atoms with Crippen molar-refractivity contribution < 1.29 is 9.53 Å². The fourth-order valence-corrected chi connectivity index (χ4v) is 5.40. The molecule has 37 heavy (non-hydrogen) atoms. The second kappa shape index (κ2) is 10.9. The number of rotatable bonds is 5. The molecule has 5 rings (SSSR count). The van der Waals surface area contributed by atoms with Crippen LogP contribution in [0.25, 0.3) is 5.69 Å². The Morgan fingerprint density at radius 2 is 1.86 bits per heavy atom. The topological polar surface area (TPSA) is 120 Å². The quantitative estimate of drug-likeness (QED) is 0.571. The molecule has 1 saturated carbocycles. The zero-order valence-electron chi connectivity index (χ0n) is 20.8. The predicted octanol–water partition coefficient (Wildman–Crippen LogP) is 3.81. The zero-order chi connectivity index (χ0) is 25.8. The SMILES string of the molecule is Cc1c(C(=O)Nc2ccc(C3CC(C#N)CCC3N3CCOCC3)nc2)cnn1-c1ccc(C#N)cc1. The molecule has 1 aromatic carbocycles. The minimum absolute atomic E-state index is 0.0408. The molecule has 0 radical (unpaired) electrons. The van der Waals surface area contributed by atoms with Crippen molar-refractivity contribution >= 4 is 11.6 Å². The molecular formula is C28H29N7O2. The van der Waals surface area contributed by atoms with Crippen LogP contribution in [0, 0.1) is 35.5 Å². The number of carbonyl (C=O) groups excluding carboxylic acids is 1.